The van der Waals surface area contributed by atoms with Crippen LogP contribution in [0.25, 0.3) is 11.4 Å². The van der Waals surface area contributed by atoms with E-state index < -0.39 is 5.97 Å². The van der Waals surface area contributed by atoms with Gasteiger partial charge in [-0.05, 0) is 24.6 Å². The second-order valence-corrected chi connectivity index (χ2v) is 4.88. The van der Waals surface area contributed by atoms with Crippen molar-refractivity contribution in [1.29, 1.82) is 0 Å². The van der Waals surface area contributed by atoms with Crippen LogP contribution in [0.1, 0.15) is 12.8 Å². The van der Waals surface area contributed by atoms with Crippen molar-refractivity contribution < 1.29 is 14.4 Å². The Kier molecular flexibility index (Phi) is 4.81. The molecule has 1 heterocycles. The summed E-state index contributed by atoms with van der Waals surface area (Å²) in [5.74, 6) is -0.485. The van der Waals surface area contributed by atoms with E-state index in [1.807, 2.05) is 0 Å². The second-order valence-electron chi connectivity index (χ2n) is 4.01. The zero-order valence-electron chi connectivity index (χ0n) is 10.3. The molecule has 2 aromatic rings. The topological polar surface area (TPSA) is 88.2 Å². The molecule has 0 fully saturated rings. The van der Waals surface area contributed by atoms with Gasteiger partial charge in [-0.3, -0.25) is 4.79 Å². The summed E-state index contributed by atoms with van der Waals surface area (Å²) < 4.78 is 5.00. The highest BCUT2D eigenvalue weighted by Gasteiger charge is 2.10. The van der Waals surface area contributed by atoms with Crippen molar-refractivity contribution in [2.24, 2.45) is 0 Å². The summed E-state index contributed by atoms with van der Waals surface area (Å²) in [4.78, 5) is 14.5. The highest BCUT2D eigenvalue weighted by atomic mass is 35.5. The van der Waals surface area contributed by atoms with Crippen LogP contribution in [0.4, 0.5) is 6.01 Å². The summed E-state index contributed by atoms with van der Waals surface area (Å²) in [5, 5.41) is 16.1. The fourth-order valence-corrected chi connectivity index (χ4v) is 2.06. The Bertz CT molecular complexity index is 595. The summed E-state index contributed by atoms with van der Waals surface area (Å²) in [6.45, 7) is 0.435. The van der Waals surface area contributed by atoms with E-state index >= 15 is 0 Å². The molecule has 0 saturated heterocycles. The van der Waals surface area contributed by atoms with Crippen molar-refractivity contribution in [2.75, 3.05) is 11.9 Å². The number of aliphatic carboxylic acids is 1. The third-order valence-corrected chi connectivity index (χ3v) is 2.83. The number of rotatable bonds is 6. The normalized spacial score (nSPS) is 10.5. The molecule has 0 atom stereocenters. The smallest absolute Gasteiger partial charge is 0.321 e. The predicted molar refractivity (Wildman–Crippen MR) is 75.1 cm³/mol. The Morgan fingerprint density at radius 3 is 2.65 bits per heavy atom. The molecule has 0 amide bonds. The lowest BCUT2D eigenvalue weighted by atomic mass is 10.2. The van der Waals surface area contributed by atoms with Crippen LogP contribution >= 0.6 is 23.2 Å². The first-order valence-electron chi connectivity index (χ1n) is 5.80. The van der Waals surface area contributed by atoms with Crippen LogP contribution in [0.15, 0.2) is 22.7 Å². The Balaban J connectivity index is 1.99. The lowest BCUT2D eigenvalue weighted by Crippen LogP contribution is -2.04. The van der Waals surface area contributed by atoms with Crippen molar-refractivity contribution in [2.45, 2.75) is 12.8 Å². The molecular formula is C12H11Cl2N3O3. The molecule has 2 rings (SSSR count). The number of anilines is 1. The van der Waals surface area contributed by atoms with Crippen LogP contribution in [0.5, 0.6) is 0 Å². The van der Waals surface area contributed by atoms with Crippen molar-refractivity contribution >= 4 is 35.2 Å². The van der Waals surface area contributed by atoms with Crippen molar-refractivity contribution in [3.05, 3.63) is 28.2 Å². The molecule has 0 aliphatic rings. The van der Waals surface area contributed by atoms with Gasteiger partial charge >= 0.3 is 12.0 Å². The van der Waals surface area contributed by atoms with Gasteiger partial charge in [0.15, 0.2) is 0 Å². The number of nitrogens with one attached hydrogen (secondary N) is 1. The molecule has 0 radical (unpaired) electrons. The molecule has 0 spiro atoms. The van der Waals surface area contributed by atoms with Gasteiger partial charge in [0.2, 0.25) is 5.82 Å². The van der Waals surface area contributed by atoms with E-state index in [0.717, 1.165) is 0 Å². The molecule has 0 aliphatic heterocycles. The van der Waals surface area contributed by atoms with Gasteiger partial charge in [0.1, 0.15) is 0 Å². The second kappa shape index (κ2) is 6.58. The molecule has 6 nitrogen and oxygen atoms in total. The van der Waals surface area contributed by atoms with Gasteiger partial charge in [0.25, 0.3) is 0 Å². The van der Waals surface area contributed by atoms with Gasteiger partial charge in [0, 0.05) is 28.6 Å². The van der Waals surface area contributed by atoms with Gasteiger partial charge in [-0.15, -0.1) is 0 Å². The van der Waals surface area contributed by atoms with Gasteiger partial charge < -0.3 is 14.9 Å². The SMILES string of the molecule is O=C(O)CCCNc1nc(-c2cc(Cl)cc(Cl)c2)no1. The first kappa shape index (κ1) is 14.6. The molecule has 0 saturated carbocycles. The van der Waals surface area contributed by atoms with Gasteiger partial charge in [-0.25, -0.2) is 0 Å². The van der Waals surface area contributed by atoms with E-state index in [4.69, 9.17) is 32.8 Å². The number of hydrogen-bond donors (Lipinski definition) is 2. The van der Waals surface area contributed by atoms with Crippen molar-refractivity contribution in [3.8, 4) is 11.4 Å². The molecule has 0 bridgehead atoms. The Morgan fingerprint density at radius 1 is 1.30 bits per heavy atom. The molecule has 0 unspecified atom stereocenters. The molecule has 106 valence electrons. The average Bonchev–Trinajstić information content (AvgIpc) is 2.82. The van der Waals surface area contributed by atoms with Crippen LogP contribution < -0.4 is 5.32 Å². The van der Waals surface area contributed by atoms with Crippen molar-refractivity contribution in [3.63, 3.8) is 0 Å². The number of benzene rings is 1. The number of halogens is 2. The standard InChI is InChI=1S/C12H11Cl2N3O3/c13-8-4-7(5-9(14)6-8)11-16-12(20-17-11)15-3-1-2-10(18)19/h4-6H,1-3H2,(H,18,19)(H,15,16,17). The lowest BCUT2D eigenvalue weighted by molar-refractivity contribution is -0.137. The molecule has 0 aliphatic carbocycles. The predicted octanol–water partition coefficient (Wildman–Crippen LogP) is 3.32. The van der Waals surface area contributed by atoms with E-state index in [1.165, 1.54) is 0 Å². The van der Waals surface area contributed by atoms with Crippen LogP contribution in [0, 0.1) is 0 Å². The summed E-state index contributed by atoms with van der Waals surface area (Å²) >= 11 is 11.8. The highest BCUT2D eigenvalue weighted by molar-refractivity contribution is 6.35. The third-order valence-electron chi connectivity index (χ3n) is 2.39. The van der Waals surface area contributed by atoms with E-state index in [9.17, 15) is 4.79 Å². The molecule has 8 heteroatoms. The number of nitrogens with zero attached hydrogens (tertiary/aromatic N) is 2. The van der Waals surface area contributed by atoms with Crippen LogP contribution in [0.2, 0.25) is 10.0 Å². The number of carboxylic acids is 1. The number of aromatic nitrogens is 2. The average molecular weight is 316 g/mol. The maximum absolute atomic E-state index is 10.4. The summed E-state index contributed by atoms with van der Waals surface area (Å²) in [6.07, 6.45) is 0.550. The van der Waals surface area contributed by atoms with Gasteiger partial charge in [-0.1, -0.05) is 28.4 Å². The van der Waals surface area contributed by atoms with Gasteiger partial charge in [-0.2, -0.15) is 4.98 Å². The number of carbonyl (C=O) groups is 1. The monoisotopic (exact) mass is 315 g/mol. The molecule has 1 aromatic carbocycles. The van der Waals surface area contributed by atoms with Crippen LogP contribution in [-0.2, 0) is 4.79 Å². The number of carboxylic acid groups (broad SMARTS) is 1. The van der Waals surface area contributed by atoms with E-state index in [1.54, 1.807) is 18.2 Å². The Morgan fingerprint density at radius 2 is 2.00 bits per heavy atom. The van der Waals surface area contributed by atoms with Crippen molar-refractivity contribution in [1.82, 2.24) is 10.1 Å². The maximum Gasteiger partial charge on any atom is 0.321 e. The molecule has 20 heavy (non-hydrogen) atoms. The third kappa shape index (κ3) is 4.11. The summed E-state index contributed by atoms with van der Waals surface area (Å²) in [6, 6.07) is 5.18. The minimum atomic E-state index is -0.841. The first-order chi connectivity index (χ1) is 9.54. The van der Waals surface area contributed by atoms with E-state index in [-0.39, 0.29) is 12.4 Å². The quantitative estimate of drug-likeness (QED) is 0.795. The first-order valence-corrected chi connectivity index (χ1v) is 6.56. The number of hydrogen-bond acceptors (Lipinski definition) is 5. The fourth-order valence-electron chi connectivity index (χ4n) is 1.53. The van der Waals surface area contributed by atoms with Gasteiger partial charge in [0.05, 0.1) is 0 Å². The summed E-state index contributed by atoms with van der Waals surface area (Å²) in [7, 11) is 0. The lowest BCUT2D eigenvalue weighted by Gasteiger charge is -1.98. The maximum atomic E-state index is 10.4. The zero-order chi connectivity index (χ0) is 14.5. The van der Waals surface area contributed by atoms with Crippen LogP contribution in [0.3, 0.4) is 0 Å². The molecular weight excluding hydrogens is 305 g/mol. The Hall–Kier alpha value is -1.79. The van der Waals surface area contributed by atoms with Crippen LogP contribution in [-0.4, -0.2) is 27.8 Å². The highest BCUT2D eigenvalue weighted by Crippen LogP contribution is 2.25. The van der Waals surface area contributed by atoms with E-state index in [2.05, 4.69) is 15.5 Å². The minimum absolute atomic E-state index is 0.0812. The van der Waals surface area contributed by atoms with E-state index in [0.29, 0.717) is 34.4 Å². The summed E-state index contributed by atoms with van der Waals surface area (Å²) in [5.41, 5.74) is 0.643. The molecule has 1 aromatic heterocycles. The fraction of sp³-hybridized carbons (Fsp3) is 0.250. The minimum Gasteiger partial charge on any atom is -0.481 e. The zero-order valence-corrected chi connectivity index (χ0v) is 11.8. The molecule has 2 N–H and O–H groups in total. The Labute approximate surface area is 124 Å². The largest absolute Gasteiger partial charge is 0.481 e.